The molecule has 0 bridgehead atoms. The Morgan fingerprint density at radius 1 is 0.793 bits per heavy atom. The highest BCUT2D eigenvalue weighted by molar-refractivity contribution is 7.93. The summed E-state index contributed by atoms with van der Waals surface area (Å²) in [6.07, 6.45) is 0. The van der Waals surface area contributed by atoms with Gasteiger partial charge in [0, 0.05) is 11.5 Å². The monoisotopic (exact) mass is 431 g/mol. The quantitative estimate of drug-likeness (QED) is 0.478. The fourth-order valence-corrected chi connectivity index (χ4v) is 5.35. The molecule has 0 aliphatic heterocycles. The Bertz CT molecular complexity index is 1380. The number of fused-ring (bicyclic) bond motifs is 1. The van der Waals surface area contributed by atoms with E-state index in [0.29, 0.717) is 11.0 Å². The van der Waals surface area contributed by atoms with E-state index in [9.17, 15) is 21.2 Å². The average molecular weight is 431 g/mol. The van der Waals surface area contributed by atoms with E-state index in [1.54, 1.807) is 30.3 Å². The molecule has 3 aromatic carbocycles. The number of halogens is 1. The van der Waals surface area contributed by atoms with E-state index < -0.39 is 36.5 Å². The van der Waals surface area contributed by atoms with Crippen molar-refractivity contribution in [1.82, 2.24) is 0 Å². The molecule has 4 rings (SSSR count). The second-order valence-corrected chi connectivity index (χ2v) is 9.70. The molecule has 0 radical (unpaired) electrons. The van der Waals surface area contributed by atoms with Gasteiger partial charge in [0.25, 0.3) is 10.0 Å². The number of rotatable bonds is 5. The number of anilines is 1. The summed E-state index contributed by atoms with van der Waals surface area (Å²) in [5.41, 5.74) is -0.0569. The Morgan fingerprint density at radius 3 is 2.21 bits per heavy atom. The predicted octanol–water partition coefficient (Wildman–Crippen LogP) is 4.21. The lowest BCUT2D eigenvalue weighted by atomic mass is 10.3. The highest BCUT2D eigenvalue weighted by Crippen LogP contribution is 2.31. The van der Waals surface area contributed by atoms with Gasteiger partial charge < -0.3 is 4.42 Å². The molecule has 0 unspecified atom stereocenters. The molecule has 6 nitrogen and oxygen atoms in total. The molecule has 0 saturated carbocycles. The fourth-order valence-electron chi connectivity index (χ4n) is 2.83. The third-order valence-electron chi connectivity index (χ3n) is 4.20. The van der Waals surface area contributed by atoms with Gasteiger partial charge in [-0.15, -0.1) is 0 Å². The van der Waals surface area contributed by atoms with Crippen molar-refractivity contribution >= 4 is 36.5 Å². The molecule has 0 amide bonds. The number of sulfone groups is 1. The van der Waals surface area contributed by atoms with Crippen LogP contribution in [0.25, 0.3) is 11.0 Å². The van der Waals surface area contributed by atoms with E-state index in [-0.39, 0.29) is 9.79 Å². The summed E-state index contributed by atoms with van der Waals surface area (Å²) in [6, 6.07) is 18.2. The molecular weight excluding hydrogens is 417 g/mol. The zero-order chi connectivity index (χ0) is 20.6. The van der Waals surface area contributed by atoms with E-state index in [1.807, 2.05) is 0 Å². The molecular formula is C20H14FNO5S2. The van der Waals surface area contributed by atoms with Crippen LogP contribution < -0.4 is 4.72 Å². The number of furan rings is 1. The molecule has 1 aromatic heterocycles. The first kappa shape index (κ1) is 19.2. The van der Waals surface area contributed by atoms with Crippen LogP contribution in [0.5, 0.6) is 0 Å². The normalized spacial score (nSPS) is 12.2. The molecule has 0 spiro atoms. The third-order valence-corrected chi connectivity index (χ3v) is 7.24. The standard InChI is InChI=1S/C20H14FNO5S2/c21-15-10-11-19(28(23,24)16-7-2-1-3-8-16)17(13-15)22-29(25,26)20-12-14-6-4-5-9-18(14)27-20/h1-13,22H. The maximum absolute atomic E-state index is 13.8. The minimum absolute atomic E-state index is 0.0456. The lowest BCUT2D eigenvalue weighted by Crippen LogP contribution is -2.15. The van der Waals surface area contributed by atoms with Crippen LogP contribution in [0.2, 0.25) is 0 Å². The first-order valence-corrected chi connectivity index (χ1v) is 11.4. The van der Waals surface area contributed by atoms with Gasteiger partial charge in [-0.1, -0.05) is 36.4 Å². The van der Waals surface area contributed by atoms with Gasteiger partial charge in [-0.25, -0.2) is 12.8 Å². The Hall–Kier alpha value is -3.17. The molecule has 0 aliphatic carbocycles. The summed E-state index contributed by atoms with van der Waals surface area (Å²) in [4.78, 5) is -0.416. The lowest BCUT2D eigenvalue weighted by molar-refractivity contribution is 0.484. The van der Waals surface area contributed by atoms with Gasteiger partial charge in [0.05, 0.1) is 15.5 Å². The van der Waals surface area contributed by atoms with E-state index in [2.05, 4.69) is 4.72 Å². The van der Waals surface area contributed by atoms with Crippen LogP contribution >= 0.6 is 0 Å². The number of para-hydroxylation sites is 1. The summed E-state index contributed by atoms with van der Waals surface area (Å²) in [6.45, 7) is 0. The van der Waals surface area contributed by atoms with Crippen molar-refractivity contribution in [2.75, 3.05) is 4.72 Å². The summed E-state index contributed by atoms with van der Waals surface area (Å²) < 4.78 is 72.8. The van der Waals surface area contributed by atoms with Gasteiger partial charge in [-0.3, -0.25) is 4.72 Å². The maximum atomic E-state index is 13.8. The lowest BCUT2D eigenvalue weighted by Gasteiger charge is -2.12. The summed E-state index contributed by atoms with van der Waals surface area (Å²) in [5, 5.41) is 0.148. The molecule has 1 heterocycles. The van der Waals surface area contributed by atoms with Gasteiger partial charge in [0.1, 0.15) is 11.4 Å². The average Bonchev–Trinajstić information content (AvgIpc) is 3.13. The molecule has 0 fully saturated rings. The van der Waals surface area contributed by atoms with Crippen LogP contribution in [0.3, 0.4) is 0 Å². The molecule has 0 atom stereocenters. The highest BCUT2D eigenvalue weighted by atomic mass is 32.2. The van der Waals surface area contributed by atoms with Crippen LogP contribution in [0, 0.1) is 5.82 Å². The van der Waals surface area contributed by atoms with Crippen molar-refractivity contribution in [3.8, 4) is 0 Å². The van der Waals surface area contributed by atoms with E-state index in [4.69, 9.17) is 4.42 Å². The van der Waals surface area contributed by atoms with Crippen molar-refractivity contribution in [2.45, 2.75) is 14.9 Å². The van der Waals surface area contributed by atoms with Crippen molar-refractivity contribution in [3.63, 3.8) is 0 Å². The van der Waals surface area contributed by atoms with Crippen LogP contribution in [0.4, 0.5) is 10.1 Å². The smallest absolute Gasteiger partial charge is 0.295 e. The molecule has 9 heteroatoms. The Labute approximate surface area is 166 Å². The van der Waals surface area contributed by atoms with Crippen LogP contribution in [-0.2, 0) is 19.9 Å². The third kappa shape index (κ3) is 3.62. The zero-order valence-electron chi connectivity index (χ0n) is 14.7. The van der Waals surface area contributed by atoms with Crippen molar-refractivity contribution in [3.05, 3.63) is 84.7 Å². The molecule has 1 N–H and O–H groups in total. The summed E-state index contributed by atoms with van der Waals surface area (Å²) >= 11 is 0. The molecule has 0 saturated heterocycles. The topological polar surface area (TPSA) is 93.5 Å². The van der Waals surface area contributed by atoms with Crippen LogP contribution in [0.1, 0.15) is 0 Å². The van der Waals surface area contributed by atoms with Gasteiger partial charge in [0.15, 0.2) is 0 Å². The Morgan fingerprint density at radius 2 is 1.48 bits per heavy atom. The van der Waals surface area contributed by atoms with E-state index in [0.717, 1.165) is 18.2 Å². The number of nitrogens with one attached hydrogen (secondary N) is 1. The first-order chi connectivity index (χ1) is 13.8. The van der Waals surface area contributed by atoms with Crippen molar-refractivity contribution in [1.29, 1.82) is 0 Å². The van der Waals surface area contributed by atoms with Crippen molar-refractivity contribution < 1.29 is 25.6 Å². The molecule has 0 aliphatic rings. The van der Waals surface area contributed by atoms with E-state index >= 15 is 0 Å². The van der Waals surface area contributed by atoms with Crippen LogP contribution in [0.15, 0.2) is 98.2 Å². The molecule has 4 aromatic rings. The Kier molecular flexibility index (Phi) is 4.64. The summed E-state index contributed by atoms with van der Waals surface area (Å²) in [5.74, 6) is -0.792. The molecule has 29 heavy (non-hydrogen) atoms. The Balaban J connectivity index is 1.80. The largest absolute Gasteiger partial charge is 0.443 e. The fraction of sp³-hybridized carbons (Fsp3) is 0. The maximum Gasteiger partial charge on any atom is 0.295 e. The minimum Gasteiger partial charge on any atom is -0.443 e. The van der Waals surface area contributed by atoms with Crippen molar-refractivity contribution in [2.24, 2.45) is 0 Å². The number of sulfonamides is 1. The number of hydrogen-bond acceptors (Lipinski definition) is 5. The predicted molar refractivity (Wildman–Crippen MR) is 105 cm³/mol. The van der Waals surface area contributed by atoms with Gasteiger partial charge >= 0.3 is 0 Å². The zero-order valence-corrected chi connectivity index (χ0v) is 16.4. The number of hydrogen-bond donors (Lipinski definition) is 1. The second-order valence-electron chi connectivity index (χ2n) is 6.17. The SMILES string of the molecule is O=S(=O)(Nc1cc(F)ccc1S(=O)(=O)c1ccccc1)c1cc2ccccc2o1. The first-order valence-electron chi connectivity index (χ1n) is 8.38. The summed E-state index contributed by atoms with van der Waals surface area (Å²) in [7, 11) is -8.39. The van der Waals surface area contributed by atoms with Crippen LogP contribution in [-0.4, -0.2) is 16.8 Å². The van der Waals surface area contributed by atoms with Gasteiger partial charge in [-0.05, 0) is 36.4 Å². The molecule has 148 valence electrons. The second kappa shape index (κ2) is 7.02. The minimum atomic E-state index is -4.30. The highest BCUT2D eigenvalue weighted by Gasteiger charge is 2.26. The number of benzene rings is 3. The van der Waals surface area contributed by atoms with Gasteiger partial charge in [-0.2, -0.15) is 8.42 Å². The van der Waals surface area contributed by atoms with Gasteiger partial charge in [0.2, 0.25) is 14.9 Å². The van der Waals surface area contributed by atoms with E-state index in [1.165, 1.54) is 30.3 Å².